The minimum Gasteiger partial charge on any atom is -0.353 e. The second-order valence-corrected chi connectivity index (χ2v) is 7.09. The highest BCUT2D eigenvalue weighted by Gasteiger charge is 2.31. The van der Waals surface area contributed by atoms with Crippen LogP contribution in [0.25, 0.3) is 0 Å². The van der Waals surface area contributed by atoms with Crippen molar-refractivity contribution >= 4 is 17.6 Å². The number of hydrogen-bond donors (Lipinski definition) is 1. The maximum Gasteiger partial charge on any atom is 0.417 e. The van der Waals surface area contributed by atoms with Crippen molar-refractivity contribution in [1.29, 1.82) is 0 Å². The predicted octanol–water partition coefficient (Wildman–Crippen LogP) is 2.88. The van der Waals surface area contributed by atoms with E-state index in [1.54, 1.807) is 17.0 Å². The number of aryl methyl sites for hydroxylation is 1. The average Bonchev–Trinajstić information content (AvgIpc) is 2.73. The molecule has 2 aromatic rings. The average molecular weight is 420 g/mol. The van der Waals surface area contributed by atoms with Crippen LogP contribution in [-0.2, 0) is 11.0 Å². The topological polar surface area (TPSA) is 65.5 Å². The van der Waals surface area contributed by atoms with Gasteiger partial charge in [0.25, 0.3) is 5.91 Å². The summed E-state index contributed by atoms with van der Waals surface area (Å²) in [4.78, 5) is 32.0. The Bertz CT molecular complexity index is 892. The van der Waals surface area contributed by atoms with Crippen LogP contribution in [0.2, 0.25) is 0 Å². The number of benzene rings is 1. The molecule has 0 bridgehead atoms. The van der Waals surface area contributed by atoms with Crippen molar-refractivity contribution in [2.45, 2.75) is 19.5 Å². The molecular formula is C21H23F3N4O2. The third kappa shape index (κ3) is 5.28. The van der Waals surface area contributed by atoms with Gasteiger partial charge < -0.3 is 15.1 Å². The fourth-order valence-electron chi connectivity index (χ4n) is 3.29. The van der Waals surface area contributed by atoms with E-state index >= 15 is 0 Å². The van der Waals surface area contributed by atoms with Gasteiger partial charge in [-0.15, -0.1) is 0 Å². The second kappa shape index (κ2) is 9.15. The van der Waals surface area contributed by atoms with E-state index in [1.807, 2.05) is 24.0 Å². The Kier molecular flexibility index (Phi) is 6.59. The number of halogens is 3. The number of alkyl halides is 3. The summed E-state index contributed by atoms with van der Waals surface area (Å²) in [5.41, 5.74) is 0.671. The summed E-state index contributed by atoms with van der Waals surface area (Å²) in [7, 11) is 0. The summed E-state index contributed by atoms with van der Waals surface area (Å²) in [5, 5.41) is 2.76. The van der Waals surface area contributed by atoms with Gasteiger partial charge in [0.2, 0.25) is 5.91 Å². The van der Waals surface area contributed by atoms with Gasteiger partial charge in [0, 0.05) is 50.9 Å². The van der Waals surface area contributed by atoms with Gasteiger partial charge in [-0.3, -0.25) is 9.59 Å². The Balaban J connectivity index is 1.44. The molecular weight excluding hydrogens is 397 g/mol. The first kappa shape index (κ1) is 21.6. The van der Waals surface area contributed by atoms with Crippen molar-refractivity contribution in [3.05, 3.63) is 59.3 Å². The molecule has 1 aromatic heterocycles. The van der Waals surface area contributed by atoms with Crippen molar-refractivity contribution < 1.29 is 22.8 Å². The van der Waals surface area contributed by atoms with E-state index < -0.39 is 11.7 Å². The number of aromatic nitrogens is 1. The van der Waals surface area contributed by atoms with Crippen LogP contribution in [0, 0.1) is 6.92 Å². The third-order valence-electron chi connectivity index (χ3n) is 5.05. The first-order chi connectivity index (χ1) is 14.3. The Hall–Kier alpha value is -3.10. The van der Waals surface area contributed by atoms with Gasteiger partial charge in [0.05, 0.1) is 5.56 Å². The standard InChI is InChI=1S/C21H23F3N4O2/c1-15-4-2-3-5-17(15)20(30)25-9-8-19(29)28-12-10-27(11-13-28)18-7-6-16(14-26-18)21(22,23)24/h2-7,14H,8-13H2,1H3,(H,25,30). The summed E-state index contributed by atoms with van der Waals surface area (Å²) < 4.78 is 37.9. The first-order valence-electron chi connectivity index (χ1n) is 9.65. The van der Waals surface area contributed by atoms with Gasteiger partial charge >= 0.3 is 6.18 Å². The quantitative estimate of drug-likeness (QED) is 0.808. The zero-order valence-electron chi connectivity index (χ0n) is 16.6. The molecule has 0 unspecified atom stereocenters. The highest BCUT2D eigenvalue weighted by Crippen LogP contribution is 2.29. The van der Waals surface area contributed by atoms with Gasteiger partial charge in [0.1, 0.15) is 5.82 Å². The van der Waals surface area contributed by atoms with Crippen molar-refractivity contribution in [2.75, 3.05) is 37.6 Å². The number of nitrogens with one attached hydrogen (secondary N) is 1. The molecule has 2 heterocycles. The van der Waals surface area contributed by atoms with E-state index in [0.29, 0.717) is 37.6 Å². The number of carbonyl (C=O) groups is 2. The number of nitrogens with zero attached hydrogens (tertiary/aromatic N) is 3. The summed E-state index contributed by atoms with van der Waals surface area (Å²) in [5.74, 6) is 0.180. The van der Waals surface area contributed by atoms with E-state index in [2.05, 4.69) is 10.3 Å². The Morgan fingerprint density at radius 1 is 1.07 bits per heavy atom. The van der Waals surface area contributed by atoms with Crippen LogP contribution in [0.1, 0.15) is 27.9 Å². The molecule has 9 heteroatoms. The van der Waals surface area contributed by atoms with Gasteiger partial charge in [-0.2, -0.15) is 13.2 Å². The number of rotatable bonds is 5. The normalized spacial score (nSPS) is 14.5. The number of pyridine rings is 1. The molecule has 1 saturated heterocycles. The third-order valence-corrected chi connectivity index (χ3v) is 5.05. The van der Waals surface area contributed by atoms with Gasteiger partial charge in [0.15, 0.2) is 0 Å². The van der Waals surface area contributed by atoms with Gasteiger partial charge in [-0.25, -0.2) is 4.98 Å². The van der Waals surface area contributed by atoms with Gasteiger partial charge in [-0.1, -0.05) is 18.2 Å². The lowest BCUT2D eigenvalue weighted by atomic mass is 10.1. The van der Waals surface area contributed by atoms with Crippen LogP contribution in [0.5, 0.6) is 0 Å². The van der Waals surface area contributed by atoms with Crippen LogP contribution >= 0.6 is 0 Å². The van der Waals surface area contributed by atoms with E-state index in [9.17, 15) is 22.8 Å². The van der Waals surface area contributed by atoms with Crippen molar-refractivity contribution in [3.8, 4) is 0 Å². The van der Waals surface area contributed by atoms with Crippen LogP contribution in [0.3, 0.4) is 0 Å². The van der Waals surface area contributed by atoms with Gasteiger partial charge in [-0.05, 0) is 30.7 Å². The van der Waals surface area contributed by atoms with E-state index in [4.69, 9.17) is 0 Å². The highest BCUT2D eigenvalue weighted by molar-refractivity contribution is 5.95. The zero-order valence-corrected chi connectivity index (χ0v) is 16.6. The summed E-state index contributed by atoms with van der Waals surface area (Å²) in [6.07, 6.45) is -3.40. The zero-order chi connectivity index (χ0) is 21.7. The lowest BCUT2D eigenvalue weighted by Crippen LogP contribution is -2.49. The number of amides is 2. The largest absolute Gasteiger partial charge is 0.417 e. The molecule has 1 N–H and O–H groups in total. The number of carbonyl (C=O) groups excluding carboxylic acids is 2. The molecule has 6 nitrogen and oxygen atoms in total. The Morgan fingerprint density at radius 3 is 2.37 bits per heavy atom. The molecule has 0 saturated carbocycles. The Labute approximate surface area is 172 Å². The summed E-state index contributed by atoms with van der Waals surface area (Å²) >= 11 is 0. The molecule has 1 aliphatic heterocycles. The number of anilines is 1. The maximum absolute atomic E-state index is 12.6. The number of piperazine rings is 1. The number of hydrogen-bond acceptors (Lipinski definition) is 4. The molecule has 160 valence electrons. The first-order valence-corrected chi connectivity index (χ1v) is 9.65. The highest BCUT2D eigenvalue weighted by atomic mass is 19.4. The molecule has 0 atom stereocenters. The molecule has 3 rings (SSSR count). The molecule has 0 aliphatic carbocycles. The SMILES string of the molecule is Cc1ccccc1C(=O)NCCC(=O)N1CCN(c2ccc(C(F)(F)F)cn2)CC1. The van der Waals surface area contributed by atoms with E-state index in [-0.39, 0.29) is 24.8 Å². The van der Waals surface area contributed by atoms with Crippen molar-refractivity contribution in [1.82, 2.24) is 15.2 Å². The molecule has 0 spiro atoms. The summed E-state index contributed by atoms with van der Waals surface area (Å²) in [6, 6.07) is 9.60. The van der Waals surface area contributed by atoms with Crippen LogP contribution in [0.4, 0.5) is 19.0 Å². The molecule has 1 aliphatic rings. The van der Waals surface area contributed by atoms with Crippen molar-refractivity contribution in [3.63, 3.8) is 0 Å². The predicted molar refractivity (Wildman–Crippen MR) is 106 cm³/mol. The molecule has 30 heavy (non-hydrogen) atoms. The van der Waals surface area contributed by atoms with Crippen LogP contribution in [0.15, 0.2) is 42.6 Å². The molecule has 1 aromatic carbocycles. The van der Waals surface area contributed by atoms with E-state index in [0.717, 1.165) is 17.8 Å². The van der Waals surface area contributed by atoms with Crippen LogP contribution in [-0.4, -0.2) is 54.4 Å². The molecule has 1 fully saturated rings. The fraction of sp³-hybridized carbons (Fsp3) is 0.381. The lowest BCUT2D eigenvalue weighted by molar-refractivity contribution is -0.137. The molecule has 0 radical (unpaired) electrons. The molecule has 2 amide bonds. The van der Waals surface area contributed by atoms with E-state index in [1.165, 1.54) is 6.07 Å². The monoisotopic (exact) mass is 420 g/mol. The van der Waals surface area contributed by atoms with Crippen molar-refractivity contribution in [2.24, 2.45) is 0 Å². The lowest BCUT2D eigenvalue weighted by Gasteiger charge is -2.35. The smallest absolute Gasteiger partial charge is 0.353 e. The maximum atomic E-state index is 12.6. The fourth-order valence-corrected chi connectivity index (χ4v) is 3.29. The Morgan fingerprint density at radius 2 is 1.77 bits per heavy atom. The second-order valence-electron chi connectivity index (χ2n) is 7.09. The summed E-state index contributed by atoms with van der Waals surface area (Å²) in [6.45, 7) is 3.97. The minimum atomic E-state index is -4.41. The van der Waals surface area contributed by atoms with Crippen LogP contribution < -0.4 is 10.2 Å². The minimum absolute atomic E-state index is 0.0693.